The highest BCUT2D eigenvalue weighted by molar-refractivity contribution is 5.86. The van der Waals surface area contributed by atoms with E-state index in [0.717, 1.165) is 4.90 Å². The lowest BCUT2D eigenvalue weighted by Gasteiger charge is -2.35. The number of alkyl halides is 3. The van der Waals surface area contributed by atoms with E-state index in [4.69, 9.17) is 5.11 Å². The summed E-state index contributed by atoms with van der Waals surface area (Å²) in [5.41, 5.74) is 0. The molecule has 1 aliphatic heterocycles. The highest BCUT2D eigenvalue weighted by Crippen LogP contribution is 2.42. The summed E-state index contributed by atoms with van der Waals surface area (Å²) < 4.78 is 39.1. The fourth-order valence-electron chi connectivity index (χ4n) is 3.32. The first-order valence-electron chi connectivity index (χ1n) is 7.00. The molecule has 0 aromatic heterocycles. The fourth-order valence-corrected chi connectivity index (χ4v) is 3.32. The van der Waals surface area contributed by atoms with Crippen LogP contribution in [-0.2, 0) is 9.59 Å². The quantitative estimate of drug-likeness (QED) is 0.808. The molecule has 4 atom stereocenters. The number of carbonyl (C=O) groups excluding carboxylic acids is 1. The predicted octanol–water partition coefficient (Wildman–Crippen LogP) is 1.40. The van der Waals surface area contributed by atoms with Crippen molar-refractivity contribution in [1.82, 2.24) is 4.90 Å². The van der Waals surface area contributed by atoms with Crippen molar-refractivity contribution in [2.45, 2.75) is 50.4 Å². The van der Waals surface area contributed by atoms with E-state index in [1.54, 1.807) is 0 Å². The van der Waals surface area contributed by atoms with E-state index < -0.39 is 42.0 Å². The Kier molecular flexibility index (Phi) is 4.46. The van der Waals surface area contributed by atoms with Gasteiger partial charge < -0.3 is 15.1 Å². The van der Waals surface area contributed by atoms with Crippen LogP contribution in [0.2, 0.25) is 0 Å². The number of rotatable bonds is 2. The van der Waals surface area contributed by atoms with Crippen LogP contribution in [0.4, 0.5) is 13.2 Å². The van der Waals surface area contributed by atoms with Gasteiger partial charge in [0.15, 0.2) is 0 Å². The first-order chi connectivity index (χ1) is 9.71. The van der Waals surface area contributed by atoms with Crippen LogP contribution in [0.1, 0.15) is 32.1 Å². The normalized spacial score (nSPS) is 34.0. The van der Waals surface area contributed by atoms with E-state index in [1.165, 1.54) is 0 Å². The number of hydrogen-bond acceptors (Lipinski definition) is 3. The van der Waals surface area contributed by atoms with Gasteiger partial charge in [0.2, 0.25) is 5.91 Å². The molecular formula is C13H18F3NO4. The molecule has 2 fully saturated rings. The van der Waals surface area contributed by atoms with Crippen LogP contribution < -0.4 is 0 Å². The zero-order valence-corrected chi connectivity index (χ0v) is 11.3. The number of aliphatic hydroxyl groups is 1. The molecule has 2 unspecified atom stereocenters. The summed E-state index contributed by atoms with van der Waals surface area (Å²) in [6.07, 6.45) is -4.64. The first kappa shape index (κ1) is 16.1. The molecule has 1 heterocycles. The molecule has 2 aliphatic rings. The molecule has 8 heteroatoms. The monoisotopic (exact) mass is 309 g/mol. The van der Waals surface area contributed by atoms with Crippen molar-refractivity contribution in [3.05, 3.63) is 0 Å². The Morgan fingerprint density at radius 3 is 2.33 bits per heavy atom. The Balaban J connectivity index is 2.18. The maximum Gasteiger partial charge on any atom is 0.392 e. The van der Waals surface area contributed by atoms with Gasteiger partial charge in [0.1, 0.15) is 6.04 Å². The standard InChI is InChI=1S/C13H18F3NO4/c14-13(15,16)9-4-2-1-3-8(9)11(19)17-6-7(18)5-10(17)12(20)21/h7-10,18H,1-6H2,(H,20,21)/t7-,8?,9?,10-/m1/s1. The molecule has 21 heavy (non-hydrogen) atoms. The zero-order chi connectivity index (χ0) is 15.8. The summed E-state index contributed by atoms with van der Waals surface area (Å²) in [6.45, 7) is -0.211. The van der Waals surface area contributed by atoms with Crippen molar-refractivity contribution < 1.29 is 33.0 Å². The van der Waals surface area contributed by atoms with Gasteiger partial charge in [0.25, 0.3) is 0 Å². The summed E-state index contributed by atoms with van der Waals surface area (Å²) in [5, 5.41) is 18.6. The second-order valence-corrected chi connectivity index (χ2v) is 5.77. The minimum Gasteiger partial charge on any atom is -0.480 e. The molecule has 0 aromatic rings. The Morgan fingerprint density at radius 2 is 1.76 bits per heavy atom. The van der Waals surface area contributed by atoms with E-state index >= 15 is 0 Å². The van der Waals surface area contributed by atoms with Gasteiger partial charge in [0.05, 0.1) is 12.0 Å². The van der Waals surface area contributed by atoms with Crippen molar-refractivity contribution >= 4 is 11.9 Å². The molecular weight excluding hydrogens is 291 g/mol. The lowest BCUT2D eigenvalue weighted by atomic mass is 9.78. The summed E-state index contributed by atoms with van der Waals surface area (Å²) in [6, 6.07) is -1.23. The van der Waals surface area contributed by atoms with E-state index in [1.807, 2.05) is 0 Å². The maximum atomic E-state index is 13.0. The molecule has 1 saturated heterocycles. The summed E-state index contributed by atoms with van der Waals surface area (Å²) in [4.78, 5) is 24.4. The lowest BCUT2D eigenvalue weighted by Crippen LogP contribution is -2.48. The highest BCUT2D eigenvalue weighted by Gasteiger charge is 2.51. The van der Waals surface area contributed by atoms with Crippen molar-refractivity contribution in [3.8, 4) is 0 Å². The number of carboxylic acids is 1. The predicted molar refractivity (Wildman–Crippen MR) is 65.3 cm³/mol. The molecule has 0 aromatic carbocycles. The molecule has 2 N–H and O–H groups in total. The number of likely N-dealkylation sites (tertiary alicyclic amines) is 1. The van der Waals surface area contributed by atoms with Gasteiger partial charge in [-0.1, -0.05) is 12.8 Å². The molecule has 0 spiro atoms. The zero-order valence-electron chi connectivity index (χ0n) is 11.3. The number of aliphatic carboxylic acids is 1. The van der Waals surface area contributed by atoms with Crippen LogP contribution in [-0.4, -0.2) is 51.9 Å². The molecule has 0 radical (unpaired) electrons. The lowest BCUT2D eigenvalue weighted by molar-refractivity contribution is -0.201. The van der Waals surface area contributed by atoms with Crippen molar-refractivity contribution in [2.75, 3.05) is 6.54 Å². The number of carboxylic acid groups (broad SMARTS) is 1. The highest BCUT2D eigenvalue weighted by atomic mass is 19.4. The Morgan fingerprint density at radius 1 is 1.14 bits per heavy atom. The summed E-state index contributed by atoms with van der Waals surface area (Å²) in [5.74, 6) is -5.03. The SMILES string of the molecule is O=C(O)[C@H]1C[C@@H](O)CN1C(=O)C1CCCCC1C(F)(F)F. The van der Waals surface area contributed by atoms with Crippen LogP contribution in [0.3, 0.4) is 0 Å². The smallest absolute Gasteiger partial charge is 0.392 e. The van der Waals surface area contributed by atoms with Crippen LogP contribution in [0, 0.1) is 11.8 Å². The third-order valence-corrected chi connectivity index (χ3v) is 4.35. The number of amides is 1. The molecule has 0 bridgehead atoms. The molecule has 1 aliphatic carbocycles. The van der Waals surface area contributed by atoms with Crippen LogP contribution in [0.25, 0.3) is 0 Å². The number of nitrogens with zero attached hydrogens (tertiary/aromatic N) is 1. The average Bonchev–Trinajstić information content (AvgIpc) is 2.79. The van der Waals surface area contributed by atoms with E-state index in [2.05, 4.69) is 0 Å². The Bertz CT molecular complexity index is 426. The number of aliphatic hydroxyl groups excluding tert-OH is 1. The van der Waals surface area contributed by atoms with Crippen LogP contribution in [0.5, 0.6) is 0 Å². The third kappa shape index (κ3) is 3.30. The third-order valence-electron chi connectivity index (χ3n) is 4.35. The van der Waals surface area contributed by atoms with Gasteiger partial charge >= 0.3 is 12.1 Å². The second-order valence-electron chi connectivity index (χ2n) is 5.77. The van der Waals surface area contributed by atoms with Gasteiger partial charge in [-0.15, -0.1) is 0 Å². The average molecular weight is 309 g/mol. The van der Waals surface area contributed by atoms with Crippen molar-refractivity contribution in [3.63, 3.8) is 0 Å². The Hall–Kier alpha value is -1.31. The summed E-state index contributed by atoms with van der Waals surface area (Å²) in [7, 11) is 0. The fraction of sp³-hybridized carbons (Fsp3) is 0.846. The molecule has 5 nitrogen and oxygen atoms in total. The topological polar surface area (TPSA) is 77.8 Å². The maximum absolute atomic E-state index is 13.0. The minimum absolute atomic E-state index is 0.103. The molecule has 2 rings (SSSR count). The minimum atomic E-state index is -4.46. The van der Waals surface area contributed by atoms with E-state index in [0.29, 0.717) is 12.8 Å². The number of halogens is 3. The Labute approximate surface area is 119 Å². The number of β-amino-alcohol motifs (C(OH)–C–C–N with tert-alkyl or cyclic N) is 1. The second kappa shape index (κ2) is 5.82. The van der Waals surface area contributed by atoms with Crippen molar-refractivity contribution in [2.24, 2.45) is 11.8 Å². The van der Waals surface area contributed by atoms with Crippen LogP contribution in [0.15, 0.2) is 0 Å². The van der Waals surface area contributed by atoms with Crippen molar-refractivity contribution in [1.29, 1.82) is 0 Å². The summed E-state index contributed by atoms with van der Waals surface area (Å²) >= 11 is 0. The van der Waals surface area contributed by atoms with E-state index in [-0.39, 0.29) is 25.8 Å². The van der Waals surface area contributed by atoms with Gasteiger partial charge in [-0.25, -0.2) is 4.79 Å². The molecule has 1 amide bonds. The van der Waals surface area contributed by atoms with E-state index in [9.17, 15) is 27.9 Å². The largest absolute Gasteiger partial charge is 0.480 e. The van der Waals surface area contributed by atoms with Gasteiger partial charge in [-0.3, -0.25) is 4.79 Å². The van der Waals surface area contributed by atoms with Gasteiger partial charge in [0, 0.05) is 18.9 Å². The van der Waals surface area contributed by atoms with Crippen LogP contribution >= 0.6 is 0 Å². The first-order valence-corrected chi connectivity index (χ1v) is 7.00. The molecule has 1 saturated carbocycles. The molecule has 120 valence electrons. The number of hydrogen-bond donors (Lipinski definition) is 2. The number of carbonyl (C=O) groups is 2. The van der Waals surface area contributed by atoms with Gasteiger partial charge in [-0.2, -0.15) is 13.2 Å². The van der Waals surface area contributed by atoms with Gasteiger partial charge in [-0.05, 0) is 12.8 Å².